The van der Waals surface area contributed by atoms with Gasteiger partial charge in [0.15, 0.2) is 0 Å². The molecule has 2 aliphatic rings. The standard InChI is InChI=1S/C19H19NO4/c1-23-18(21)16-10-14-8-13-7-11-5-3-4-6-12(11)9-15(13)17(14)20(16)19(22)24-2/h3-7,9,14,16-17H,8,10H2,1-2H3/t14-,16+,17+/m1/s1. The SMILES string of the molecule is COC(=O)[C@@H]1C[C@H]2Cc3cc4ccccc4cc3[C@H]2N1C(=O)OC. The number of ether oxygens (including phenoxy) is 2. The van der Waals surface area contributed by atoms with E-state index in [0.717, 1.165) is 17.4 Å². The number of methoxy groups -OCH3 is 2. The molecule has 124 valence electrons. The molecule has 0 bridgehead atoms. The maximum Gasteiger partial charge on any atom is 0.410 e. The van der Waals surface area contributed by atoms with E-state index in [0.29, 0.717) is 6.42 Å². The molecule has 1 fully saturated rings. The fourth-order valence-electron chi connectivity index (χ4n) is 4.28. The molecule has 0 aromatic heterocycles. The van der Waals surface area contributed by atoms with Gasteiger partial charge in [0.1, 0.15) is 6.04 Å². The van der Waals surface area contributed by atoms with Crippen LogP contribution in [0.2, 0.25) is 0 Å². The molecule has 0 radical (unpaired) electrons. The lowest BCUT2D eigenvalue weighted by atomic mass is 10.00. The van der Waals surface area contributed by atoms with E-state index in [1.165, 1.54) is 25.2 Å². The van der Waals surface area contributed by atoms with Gasteiger partial charge in [-0.05, 0) is 46.7 Å². The lowest BCUT2D eigenvalue weighted by Gasteiger charge is -2.27. The van der Waals surface area contributed by atoms with Crippen LogP contribution in [0.25, 0.3) is 10.8 Å². The second-order valence-electron chi connectivity index (χ2n) is 6.46. The highest BCUT2D eigenvalue weighted by atomic mass is 16.5. The first kappa shape index (κ1) is 15.0. The average Bonchev–Trinajstić information content (AvgIpc) is 3.14. The van der Waals surface area contributed by atoms with Crippen LogP contribution in [0, 0.1) is 5.92 Å². The maximum atomic E-state index is 12.4. The van der Waals surface area contributed by atoms with E-state index in [-0.39, 0.29) is 17.9 Å². The summed E-state index contributed by atoms with van der Waals surface area (Å²) in [5.41, 5.74) is 2.37. The van der Waals surface area contributed by atoms with Gasteiger partial charge in [0.2, 0.25) is 0 Å². The third-order valence-electron chi connectivity index (χ3n) is 5.27. The van der Waals surface area contributed by atoms with Crippen molar-refractivity contribution in [2.45, 2.75) is 24.9 Å². The van der Waals surface area contributed by atoms with Gasteiger partial charge in [-0.25, -0.2) is 9.59 Å². The number of rotatable bonds is 1. The number of carbonyl (C=O) groups excluding carboxylic acids is 2. The normalized spacial score (nSPS) is 24.6. The van der Waals surface area contributed by atoms with E-state index >= 15 is 0 Å². The minimum Gasteiger partial charge on any atom is -0.467 e. The highest BCUT2D eigenvalue weighted by Gasteiger charge is 2.52. The number of likely N-dealkylation sites (tertiary alicyclic amines) is 1. The molecule has 0 unspecified atom stereocenters. The molecule has 2 aromatic rings. The Morgan fingerprint density at radius 1 is 1.08 bits per heavy atom. The Balaban J connectivity index is 1.81. The van der Waals surface area contributed by atoms with Crippen molar-refractivity contribution < 1.29 is 19.1 Å². The second kappa shape index (κ2) is 5.51. The van der Waals surface area contributed by atoms with Crippen molar-refractivity contribution in [3.05, 3.63) is 47.5 Å². The number of nitrogens with zero attached hydrogens (tertiary/aromatic N) is 1. The first-order valence-corrected chi connectivity index (χ1v) is 8.09. The van der Waals surface area contributed by atoms with Gasteiger partial charge in [0.05, 0.1) is 20.3 Å². The Kier molecular flexibility index (Phi) is 3.44. The van der Waals surface area contributed by atoms with Crippen molar-refractivity contribution in [2.75, 3.05) is 14.2 Å². The van der Waals surface area contributed by atoms with Gasteiger partial charge in [-0.3, -0.25) is 4.90 Å². The van der Waals surface area contributed by atoms with Crippen LogP contribution in [-0.2, 0) is 20.7 Å². The van der Waals surface area contributed by atoms with E-state index in [1.807, 2.05) is 12.1 Å². The summed E-state index contributed by atoms with van der Waals surface area (Å²) < 4.78 is 9.84. The van der Waals surface area contributed by atoms with Crippen molar-refractivity contribution >= 4 is 22.8 Å². The number of hydrogen-bond acceptors (Lipinski definition) is 4. The van der Waals surface area contributed by atoms with Crippen LogP contribution < -0.4 is 0 Å². The lowest BCUT2D eigenvalue weighted by molar-refractivity contribution is -0.145. The summed E-state index contributed by atoms with van der Waals surface area (Å²) >= 11 is 0. The van der Waals surface area contributed by atoms with Crippen molar-refractivity contribution in [3.8, 4) is 0 Å². The van der Waals surface area contributed by atoms with E-state index in [4.69, 9.17) is 9.47 Å². The third kappa shape index (κ3) is 2.08. The van der Waals surface area contributed by atoms with Crippen LogP contribution in [0.15, 0.2) is 36.4 Å². The number of esters is 1. The summed E-state index contributed by atoms with van der Waals surface area (Å²) in [7, 11) is 2.70. The molecule has 0 saturated carbocycles. The number of hydrogen-bond donors (Lipinski definition) is 0. The zero-order valence-electron chi connectivity index (χ0n) is 13.7. The van der Waals surface area contributed by atoms with Crippen molar-refractivity contribution in [3.63, 3.8) is 0 Å². The molecule has 5 nitrogen and oxygen atoms in total. The van der Waals surface area contributed by atoms with Gasteiger partial charge in [-0.15, -0.1) is 0 Å². The van der Waals surface area contributed by atoms with E-state index in [1.54, 1.807) is 4.90 Å². The zero-order chi connectivity index (χ0) is 16.8. The second-order valence-corrected chi connectivity index (χ2v) is 6.46. The van der Waals surface area contributed by atoms with E-state index < -0.39 is 12.1 Å². The van der Waals surface area contributed by atoms with Crippen LogP contribution >= 0.6 is 0 Å². The Morgan fingerprint density at radius 3 is 2.46 bits per heavy atom. The summed E-state index contributed by atoms with van der Waals surface area (Å²) in [4.78, 5) is 26.1. The summed E-state index contributed by atoms with van der Waals surface area (Å²) in [5, 5.41) is 2.34. The van der Waals surface area contributed by atoms with E-state index in [2.05, 4.69) is 24.3 Å². The topological polar surface area (TPSA) is 55.8 Å². The summed E-state index contributed by atoms with van der Waals surface area (Å²) in [6, 6.07) is 11.8. The van der Waals surface area contributed by atoms with Crippen LogP contribution in [0.1, 0.15) is 23.6 Å². The molecule has 0 N–H and O–H groups in total. The number of fused-ring (bicyclic) bond motifs is 4. The molecule has 1 amide bonds. The molecule has 3 atom stereocenters. The average molecular weight is 325 g/mol. The van der Waals surface area contributed by atoms with Crippen molar-refractivity contribution in [1.29, 1.82) is 0 Å². The van der Waals surface area contributed by atoms with Gasteiger partial charge in [0, 0.05) is 0 Å². The fourth-order valence-corrected chi connectivity index (χ4v) is 4.28. The fraction of sp³-hybridized carbons (Fsp3) is 0.368. The lowest BCUT2D eigenvalue weighted by Crippen LogP contribution is -2.42. The first-order valence-electron chi connectivity index (χ1n) is 8.09. The molecule has 0 spiro atoms. The molecule has 2 aromatic carbocycles. The van der Waals surface area contributed by atoms with E-state index in [9.17, 15) is 9.59 Å². The Hall–Kier alpha value is -2.56. The minimum absolute atomic E-state index is 0.124. The Morgan fingerprint density at radius 2 is 1.79 bits per heavy atom. The first-order chi connectivity index (χ1) is 11.6. The number of benzene rings is 2. The van der Waals surface area contributed by atoms with Crippen LogP contribution in [-0.4, -0.2) is 37.2 Å². The van der Waals surface area contributed by atoms with Crippen LogP contribution in [0.3, 0.4) is 0 Å². The van der Waals surface area contributed by atoms with Gasteiger partial charge in [-0.2, -0.15) is 0 Å². The van der Waals surface area contributed by atoms with Crippen molar-refractivity contribution in [2.24, 2.45) is 5.92 Å². The Labute approximate surface area is 140 Å². The number of amides is 1. The number of carbonyl (C=O) groups is 2. The predicted molar refractivity (Wildman–Crippen MR) is 88.5 cm³/mol. The molecule has 1 aliphatic carbocycles. The highest BCUT2D eigenvalue weighted by molar-refractivity contribution is 5.86. The maximum absolute atomic E-state index is 12.4. The minimum atomic E-state index is -0.572. The van der Waals surface area contributed by atoms with Crippen LogP contribution in [0.5, 0.6) is 0 Å². The zero-order valence-corrected chi connectivity index (χ0v) is 13.7. The highest BCUT2D eigenvalue weighted by Crippen LogP contribution is 2.50. The van der Waals surface area contributed by atoms with Crippen molar-refractivity contribution in [1.82, 2.24) is 4.90 Å². The third-order valence-corrected chi connectivity index (χ3v) is 5.27. The monoisotopic (exact) mass is 325 g/mol. The summed E-state index contributed by atoms with van der Waals surface area (Å²) in [5.74, 6) is -0.155. The van der Waals surface area contributed by atoms with Gasteiger partial charge in [0.25, 0.3) is 0 Å². The summed E-state index contributed by atoms with van der Waals surface area (Å²) in [6.07, 6.45) is 1.00. The quantitative estimate of drug-likeness (QED) is 0.756. The molecule has 1 saturated heterocycles. The molecule has 24 heavy (non-hydrogen) atoms. The smallest absolute Gasteiger partial charge is 0.410 e. The molecule has 5 heteroatoms. The van der Waals surface area contributed by atoms with Gasteiger partial charge >= 0.3 is 12.1 Å². The molecule has 4 rings (SSSR count). The largest absolute Gasteiger partial charge is 0.467 e. The molecule has 1 heterocycles. The summed E-state index contributed by atoms with van der Waals surface area (Å²) in [6.45, 7) is 0. The van der Waals surface area contributed by atoms with Crippen LogP contribution in [0.4, 0.5) is 4.79 Å². The Bertz CT molecular complexity index is 831. The van der Waals surface area contributed by atoms with Gasteiger partial charge < -0.3 is 9.47 Å². The molecular weight excluding hydrogens is 306 g/mol. The molecular formula is C19H19NO4. The van der Waals surface area contributed by atoms with Gasteiger partial charge in [-0.1, -0.05) is 30.3 Å². The predicted octanol–water partition coefficient (Wildman–Crippen LogP) is 3.07. The molecule has 1 aliphatic heterocycles.